The van der Waals surface area contributed by atoms with Crippen LogP contribution in [0.4, 0.5) is 5.69 Å². The molecule has 28 heavy (non-hydrogen) atoms. The Kier molecular flexibility index (Phi) is 5.24. The van der Waals surface area contributed by atoms with E-state index in [9.17, 15) is 10.1 Å². The number of thiophene rings is 1. The number of hydrogen-bond acceptors (Lipinski definition) is 7. The fraction of sp³-hybridized carbons (Fsp3) is 0.500. The van der Waals surface area contributed by atoms with Gasteiger partial charge in [-0.25, -0.2) is 0 Å². The van der Waals surface area contributed by atoms with Crippen LogP contribution in [-0.2, 0) is 18.7 Å². The van der Waals surface area contributed by atoms with Crippen molar-refractivity contribution in [1.82, 2.24) is 24.5 Å². The Morgan fingerprint density at radius 3 is 2.96 bits per heavy atom. The molecule has 0 bridgehead atoms. The molecule has 1 atom stereocenters. The molecule has 3 aromatic rings. The van der Waals surface area contributed by atoms with Crippen molar-refractivity contribution in [3.05, 3.63) is 38.3 Å². The topological polar surface area (TPSA) is 91.7 Å². The highest BCUT2D eigenvalue weighted by molar-refractivity contribution is 7.98. The fourth-order valence-electron chi connectivity index (χ4n) is 3.53. The van der Waals surface area contributed by atoms with Crippen LogP contribution in [0.5, 0.6) is 0 Å². The van der Waals surface area contributed by atoms with E-state index in [0.29, 0.717) is 5.88 Å². The second-order valence-corrected chi connectivity index (χ2v) is 9.31. The minimum Gasteiger partial charge on any atom is -0.299 e. The predicted octanol–water partition coefficient (Wildman–Crippen LogP) is 4.57. The van der Waals surface area contributed by atoms with Gasteiger partial charge in [-0.3, -0.25) is 19.4 Å². The minimum absolute atomic E-state index is 0.00857. The van der Waals surface area contributed by atoms with Gasteiger partial charge in [-0.2, -0.15) is 5.10 Å². The zero-order valence-corrected chi connectivity index (χ0v) is 17.7. The summed E-state index contributed by atoms with van der Waals surface area (Å²) in [5, 5.41) is 26.8. The molecular formula is C18H22N6O2S2. The van der Waals surface area contributed by atoms with E-state index in [1.165, 1.54) is 46.6 Å². The normalized spacial score (nSPS) is 16.5. The van der Waals surface area contributed by atoms with Crippen LogP contribution in [-0.4, -0.2) is 29.5 Å². The van der Waals surface area contributed by atoms with Crippen LogP contribution in [0.15, 0.2) is 22.9 Å². The smallest absolute Gasteiger partial charge is 0.299 e. The molecule has 8 nitrogen and oxygen atoms in total. The minimum atomic E-state index is -0.441. The van der Waals surface area contributed by atoms with Crippen LogP contribution in [0.1, 0.15) is 43.7 Å². The van der Waals surface area contributed by atoms with Crippen LogP contribution in [0.25, 0.3) is 11.4 Å². The molecule has 0 radical (unpaired) electrons. The standard InChI is InChI=1S/C18H22N6O2S2/c1-11(2)23-17(15-9-27-16-6-12(3)4-5-14(15)16)20-21-18(23)28-10-22-8-13(7-19-22)24(25)26/h7-9,11-12H,4-6,10H2,1-3H3/t12-/m0/s1. The maximum Gasteiger partial charge on any atom is 0.307 e. The molecule has 0 N–H and O–H groups in total. The third-order valence-corrected chi connectivity index (χ3v) is 6.96. The van der Waals surface area contributed by atoms with Gasteiger partial charge in [0.25, 0.3) is 0 Å². The quantitative estimate of drug-likeness (QED) is 0.331. The van der Waals surface area contributed by atoms with Gasteiger partial charge in [-0.1, -0.05) is 18.7 Å². The highest BCUT2D eigenvalue weighted by atomic mass is 32.2. The van der Waals surface area contributed by atoms with Crippen LogP contribution in [0.2, 0.25) is 0 Å². The van der Waals surface area contributed by atoms with Crippen molar-refractivity contribution >= 4 is 28.8 Å². The van der Waals surface area contributed by atoms with Crippen LogP contribution in [0, 0.1) is 16.0 Å². The highest BCUT2D eigenvalue weighted by Gasteiger charge is 2.25. The average molecular weight is 419 g/mol. The Hall–Kier alpha value is -2.20. The lowest BCUT2D eigenvalue weighted by Gasteiger charge is -2.19. The van der Waals surface area contributed by atoms with Crippen molar-refractivity contribution in [2.75, 3.05) is 0 Å². The molecule has 0 fully saturated rings. The third-order valence-electron chi connectivity index (χ3n) is 4.98. The van der Waals surface area contributed by atoms with E-state index in [1.54, 1.807) is 4.68 Å². The van der Waals surface area contributed by atoms with Crippen molar-refractivity contribution < 1.29 is 4.92 Å². The highest BCUT2D eigenvalue weighted by Crippen LogP contribution is 2.39. The Morgan fingerprint density at radius 2 is 2.25 bits per heavy atom. The lowest BCUT2D eigenvalue weighted by Crippen LogP contribution is -2.11. The van der Waals surface area contributed by atoms with Crippen molar-refractivity contribution in [1.29, 1.82) is 0 Å². The van der Waals surface area contributed by atoms with E-state index in [4.69, 9.17) is 0 Å². The van der Waals surface area contributed by atoms with E-state index >= 15 is 0 Å². The summed E-state index contributed by atoms with van der Waals surface area (Å²) in [4.78, 5) is 11.9. The molecule has 0 amide bonds. The number of hydrogen-bond donors (Lipinski definition) is 0. The van der Waals surface area contributed by atoms with Crippen LogP contribution >= 0.6 is 23.1 Å². The Morgan fingerprint density at radius 1 is 1.43 bits per heavy atom. The number of thioether (sulfide) groups is 1. The molecule has 148 valence electrons. The molecule has 0 aliphatic heterocycles. The molecule has 0 aromatic carbocycles. The molecule has 0 saturated carbocycles. The summed E-state index contributed by atoms with van der Waals surface area (Å²) in [6, 6.07) is 0.206. The predicted molar refractivity (Wildman–Crippen MR) is 110 cm³/mol. The second-order valence-electron chi connectivity index (χ2n) is 7.44. The lowest BCUT2D eigenvalue weighted by atomic mass is 9.88. The van der Waals surface area contributed by atoms with Crippen molar-refractivity contribution in [3.8, 4) is 11.4 Å². The van der Waals surface area contributed by atoms with Crippen molar-refractivity contribution in [3.63, 3.8) is 0 Å². The molecule has 3 heterocycles. The van der Waals surface area contributed by atoms with Crippen LogP contribution in [0.3, 0.4) is 0 Å². The van der Waals surface area contributed by atoms with Gasteiger partial charge in [0.15, 0.2) is 11.0 Å². The number of rotatable bonds is 6. The van der Waals surface area contributed by atoms with Gasteiger partial charge in [-0.15, -0.1) is 21.5 Å². The molecule has 1 aliphatic rings. The largest absolute Gasteiger partial charge is 0.307 e. The lowest BCUT2D eigenvalue weighted by molar-refractivity contribution is -0.385. The van der Waals surface area contributed by atoms with Gasteiger partial charge in [0, 0.05) is 21.9 Å². The first-order chi connectivity index (χ1) is 13.4. The first-order valence-corrected chi connectivity index (χ1v) is 11.1. The summed E-state index contributed by atoms with van der Waals surface area (Å²) >= 11 is 3.31. The molecule has 0 saturated heterocycles. The van der Waals surface area contributed by atoms with Crippen molar-refractivity contribution in [2.24, 2.45) is 5.92 Å². The first-order valence-electron chi connectivity index (χ1n) is 9.28. The Balaban J connectivity index is 1.60. The zero-order valence-electron chi connectivity index (χ0n) is 16.0. The fourth-order valence-corrected chi connectivity index (χ4v) is 5.70. The van der Waals surface area contributed by atoms with Crippen LogP contribution < -0.4 is 0 Å². The first kappa shape index (κ1) is 19.1. The Labute approximate surface area is 171 Å². The van der Waals surface area contributed by atoms with Gasteiger partial charge in [0.05, 0.1) is 10.8 Å². The monoisotopic (exact) mass is 418 g/mol. The van der Waals surface area contributed by atoms with E-state index < -0.39 is 4.92 Å². The van der Waals surface area contributed by atoms with Gasteiger partial charge >= 0.3 is 5.69 Å². The summed E-state index contributed by atoms with van der Waals surface area (Å²) in [5.41, 5.74) is 2.62. The summed E-state index contributed by atoms with van der Waals surface area (Å²) in [6.45, 7) is 6.56. The maximum absolute atomic E-state index is 10.8. The molecule has 0 spiro atoms. The summed E-state index contributed by atoms with van der Waals surface area (Å²) in [5.74, 6) is 2.10. The van der Waals surface area contributed by atoms with E-state index in [-0.39, 0.29) is 11.7 Å². The number of nitrogens with zero attached hydrogens (tertiary/aromatic N) is 6. The molecular weight excluding hydrogens is 396 g/mol. The van der Waals surface area contributed by atoms with Gasteiger partial charge in [0.1, 0.15) is 12.4 Å². The molecule has 3 aromatic heterocycles. The maximum atomic E-state index is 10.8. The summed E-state index contributed by atoms with van der Waals surface area (Å²) in [7, 11) is 0. The third kappa shape index (κ3) is 3.58. The number of nitro groups is 1. The SMILES string of the molecule is CC(C)n1c(SCn2cc([N+](=O)[O-])cn2)nnc1-c1csc2c1CC[C@H](C)C2. The Bertz CT molecular complexity index is 1010. The molecule has 0 unspecified atom stereocenters. The van der Waals surface area contributed by atoms with Gasteiger partial charge < -0.3 is 0 Å². The van der Waals surface area contributed by atoms with Gasteiger partial charge in [0.2, 0.25) is 0 Å². The van der Waals surface area contributed by atoms with E-state index in [1.807, 2.05) is 11.3 Å². The molecule has 1 aliphatic carbocycles. The van der Waals surface area contributed by atoms with Gasteiger partial charge in [-0.05, 0) is 44.6 Å². The average Bonchev–Trinajstić information content (AvgIpc) is 3.36. The summed E-state index contributed by atoms with van der Waals surface area (Å²) < 4.78 is 3.71. The van der Waals surface area contributed by atoms with E-state index in [0.717, 1.165) is 29.7 Å². The molecule has 4 rings (SSSR count). The second kappa shape index (κ2) is 7.67. The number of fused-ring (bicyclic) bond motifs is 1. The molecule has 10 heteroatoms. The number of aromatic nitrogens is 5. The van der Waals surface area contributed by atoms with Crippen molar-refractivity contribution in [2.45, 2.75) is 57.1 Å². The zero-order chi connectivity index (χ0) is 19.8. The summed E-state index contributed by atoms with van der Waals surface area (Å²) in [6.07, 6.45) is 6.15. The van der Waals surface area contributed by atoms with E-state index in [2.05, 4.69) is 46.0 Å².